The van der Waals surface area contributed by atoms with E-state index in [1.807, 2.05) is 7.05 Å². The Labute approximate surface area is 108 Å². The van der Waals surface area contributed by atoms with Crippen molar-refractivity contribution in [3.63, 3.8) is 0 Å². The van der Waals surface area contributed by atoms with Crippen molar-refractivity contribution in [2.45, 2.75) is 26.3 Å². The number of likely N-dealkylation sites (N-methyl/N-ethyl adjacent to an activating group) is 1. The second-order valence-corrected chi connectivity index (χ2v) is 5.32. The zero-order chi connectivity index (χ0) is 12.3. The van der Waals surface area contributed by atoms with Crippen LogP contribution < -0.4 is 5.32 Å². The SMILES string of the molecule is CNC(Cc1ccsc1)c1cc(C)ccc1C. The van der Waals surface area contributed by atoms with Crippen LogP contribution in [0.25, 0.3) is 0 Å². The van der Waals surface area contributed by atoms with E-state index in [-0.39, 0.29) is 0 Å². The van der Waals surface area contributed by atoms with E-state index in [1.54, 1.807) is 11.3 Å². The van der Waals surface area contributed by atoms with Crippen LogP contribution in [0.2, 0.25) is 0 Å². The van der Waals surface area contributed by atoms with E-state index >= 15 is 0 Å². The molecule has 0 radical (unpaired) electrons. The Balaban J connectivity index is 2.25. The molecule has 1 heterocycles. The molecule has 0 saturated heterocycles. The minimum atomic E-state index is 0.407. The van der Waals surface area contributed by atoms with Crippen LogP contribution in [0.15, 0.2) is 35.0 Å². The summed E-state index contributed by atoms with van der Waals surface area (Å²) in [6.45, 7) is 4.34. The lowest BCUT2D eigenvalue weighted by molar-refractivity contribution is 0.589. The highest BCUT2D eigenvalue weighted by atomic mass is 32.1. The minimum Gasteiger partial charge on any atom is -0.313 e. The Morgan fingerprint density at radius 3 is 2.71 bits per heavy atom. The van der Waals surface area contributed by atoms with Crippen LogP contribution in [0.1, 0.15) is 28.3 Å². The number of hydrogen-bond donors (Lipinski definition) is 1. The number of hydrogen-bond acceptors (Lipinski definition) is 2. The maximum atomic E-state index is 3.43. The predicted octanol–water partition coefficient (Wildman–Crippen LogP) is 3.87. The van der Waals surface area contributed by atoms with Crippen molar-refractivity contribution < 1.29 is 0 Å². The maximum absolute atomic E-state index is 3.43. The molecule has 0 amide bonds. The van der Waals surface area contributed by atoms with Gasteiger partial charge in [0, 0.05) is 6.04 Å². The van der Waals surface area contributed by atoms with E-state index < -0.39 is 0 Å². The highest BCUT2D eigenvalue weighted by Crippen LogP contribution is 2.23. The Bertz CT molecular complexity index is 474. The maximum Gasteiger partial charge on any atom is 0.0361 e. The van der Waals surface area contributed by atoms with Gasteiger partial charge in [-0.05, 0) is 60.8 Å². The van der Waals surface area contributed by atoms with Crippen molar-refractivity contribution in [2.75, 3.05) is 7.05 Å². The molecule has 0 bridgehead atoms. The van der Waals surface area contributed by atoms with Crippen LogP contribution >= 0.6 is 11.3 Å². The fraction of sp³-hybridized carbons (Fsp3) is 0.333. The molecule has 0 fully saturated rings. The molecule has 0 aliphatic carbocycles. The van der Waals surface area contributed by atoms with Crippen molar-refractivity contribution in [1.82, 2.24) is 5.32 Å². The number of nitrogens with one attached hydrogen (secondary N) is 1. The normalized spacial score (nSPS) is 12.6. The first kappa shape index (κ1) is 12.3. The molecular weight excluding hydrogens is 226 g/mol. The summed E-state index contributed by atoms with van der Waals surface area (Å²) < 4.78 is 0. The van der Waals surface area contributed by atoms with E-state index in [4.69, 9.17) is 0 Å². The average Bonchev–Trinajstić information content (AvgIpc) is 2.82. The van der Waals surface area contributed by atoms with Gasteiger partial charge in [0.25, 0.3) is 0 Å². The summed E-state index contributed by atoms with van der Waals surface area (Å²) >= 11 is 1.77. The van der Waals surface area contributed by atoms with Crippen molar-refractivity contribution >= 4 is 11.3 Å². The highest BCUT2D eigenvalue weighted by molar-refractivity contribution is 7.07. The molecule has 90 valence electrons. The standard InChI is InChI=1S/C15H19NS/c1-11-4-5-12(2)14(8-11)15(16-3)9-13-6-7-17-10-13/h4-8,10,15-16H,9H2,1-3H3. The largest absolute Gasteiger partial charge is 0.313 e. The zero-order valence-corrected chi connectivity index (χ0v) is 11.5. The summed E-state index contributed by atoms with van der Waals surface area (Å²) in [6, 6.07) is 9.30. The summed E-state index contributed by atoms with van der Waals surface area (Å²) in [6.07, 6.45) is 1.06. The molecule has 1 aromatic heterocycles. The first-order chi connectivity index (χ1) is 8.20. The predicted molar refractivity (Wildman–Crippen MR) is 75.7 cm³/mol. The molecule has 1 unspecified atom stereocenters. The third-order valence-corrected chi connectivity index (χ3v) is 3.91. The summed E-state index contributed by atoms with van der Waals surface area (Å²) in [5, 5.41) is 7.80. The quantitative estimate of drug-likeness (QED) is 0.862. The average molecular weight is 245 g/mol. The van der Waals surface area contributed by atoms with Crippen LogP contribution in [0.5, 0.6) is 0 Å². The Morgan fingerprint density at radius 1 is 1.24 bits per heavy atom. The van der Waals surface area contributed by atoms with Gasteiger partial charge in [0.2, 0.25) is 0 Å². The van der Waals surface area contributed by atoms with Gasteiger partial charge in [-0.15, -0.1) is 0 Å². The highest BCUT2D eigenvalue weighted by Gasteiger charge is 2.12. The molecule has 2 rings (SSSR count). The third-order valence-electron chi connectivity index (χ3n) is 3.18. The first-order valence-electron chi connectivity index (χ1n) is 5.96. The molecule has 0 spiro atoms. The second-order valence-electron chi connectivity index (χ2n) is 4.54. The van der Waals surface area contributed by atoms with E-state index in [1.165, 1.54) is 22.3 Å². The fourth-order valence-electron chi connectivity index (χ4n) is 2.15. The number of aryl methyl sites for hydroxylation is 2. The van der Waals surface area contributed by atoms with Crippen LogP contribution in [0.4, 0.5) is 0 Å². The lowest BCUT2D eigenvalue weighted by atomic mass is 9.95. The van der Waals surface area contributed by atoms with E-state index in [0.29, 0.717) is 6.04 Å². The molecule has 17 heavy (non-hydrogen) atoms. The summed E-state index contributed by atoms with van der Waals surface area (Å²) in [5.74, 6) is 0. The zero-order valence-electron chi connectivity index (χ0n) is 10.7. The summed E-state index contributed by atoms with van der Waals surface area (Å²) in [7, 11) is 2.04. The summed E-state index contributed by atoms with van der Waals surface area (Å²) in [4.78, 5) is 0. The Hall–Kier alpha value is -1.12. The van der Waals surface area contributed by atoms with Crippen LogP contribution in [0.3, 0.4) is 0 Å². The molecule has 1 atom stereocenters. The molecule has 0 saturated carbocycles. The monoisotopic (exact) mass is 245 g/mol. The van der Waals surface area contributed by atoms with Gasteiger partial charge in [0.1, 0.15) is 0 Å². The first-order valence-corrected chi connectivity index (χ1v) is 6.90. The molecule has 1 nitrogen and oxygen atoms in total. The topological polar surface area (TPSA) is 12.0 Å². The van der Waals surface area contributed by atoms with Gasteiger partial charge >= 0.3 is 0 Å². The molecule has 0 aliphatic heterocycles. The summed E-state index contributed by atoms with van der Waals surface area (Å²) in [5.41, 5.74) is 5.52. The number of rotatable bonds is 4. The Morgan fingerprint density at radius 2 is 2.06 bits per heavy atom. The van der Waals surface area contributed by atoms with Gasteiger partial charge in [-0.1, -0.05) is 23.8 Å². The van der Waals surface area contributed by atoms with Gasteiger partial charge < -0.3 is 5.32 Å². The number of thiophene rings is 1. The molecule has 0 aliphatic rings. The van der Waals surface area contributed by atoms with Gasteiger partial charge in [-0.2, -0.15) is 11.3 Å². The van der Waals surface area contributed by atoms with E-state index in [9.17, 15) is 0 Å². The number of benzene rings is 1. The smallest absolute Gasteiger partial charge is 0.0361 e. The van der Waals surface area contributed by atoms with Gasteiger partial charge in [-0.3, -0.25) is 0 Å². The van der Waals surface area contributed by atoms with Crippen LogP contribution in [-0.2, 0) is 6.42 Å². The van der Waals surface area contributed by atoms with Crippen molar-refractivity contribution in [3.05, 3.63) is 57.3 Å². The Kier molecular flexibility index (Phi) is 3.97. The van der Waals surface area contributed by atoms with Gasteiger partial charge in [0.15, 0.2) is 0 Å². The molecule has 2 heteroatoms. The van der Waals surface area contributed by atoms with E-state index in [0.717, 1.165) is 6.42 Å². The second kappa shape index (κ2) is 5.48. The molecule has 1 N–H and O–H groups in total. The van der Waals surface area contributed by atoms with Crippen molar-refractivity contribution in [2.24, 2.45) is 0 Å². The third kappa shape index (κ3) is 2.96. The molecule has 2 aromatic rings. The molecular formula is C15H19NS. The van der Waals surface area contributed by atoms with Crippen molar-refractivity contribution in [1.29, 1.82) is 0 Å². The minimum absolute atomic E-state index is 0.407. The lowest BCUT2D eigenvalue weighted by Crippen LogP contribution is -2.19. The van der Waals surface area contributed by atoms with Crippen molar-refractivity contribution in [3.8, 4) is 0 Å². The molecule has 1 aromatic carbocycles. The van der Waals surface area contributed by atoms with Crippen LogP contribution in [0, 0.1) is 13.8 Å². The lowest BCUT2D eigenvalue weighted by Gasteiger charge is -2.19. The van der Waals surface area contributed by atoms with Gasteiger partial charge in [0.05, 0.1) is 0 Å². The van der Waals surface area contributed by atoms with Crippen LogP contribution in [-0.4, -0.2) is 7.05 Å². The van der Waals surface area contributed by atoms with Gasteiger partial charge in [-0.25, -0.2) is 0 Å². The fourth-order valence-corrected chi connectivity index (χ4v) is 2.83. The van der Waals surface area contributed by atoms with E-state index in [2.05, 4.69) is 54.2 Å².